The van der Waals surface area contributed by atoms with Crippen molar-refractivity contribution in [3.63, 3.8) is 0 Å². The summed E-state index contributed by atoms with van der Waals surface area (Å²) in [7, 11) is 0. The molecule has 164 valence electrons. The third kappa shape index (κ3) is 5.12. The number of nitro groups is 1. The van der Waals surface area contributed by atoms with E-state index in [0.717, 1.165) is 11.3 Å². The van der Waals surface area contributed by atoms with Crippen molar-refractivity contribution in [3.05, 3.63) is 86.6 Å². The molecule has 2 aromatic carbocycles. The van der Waals surface area contributed by atoms with Gasteiger partial charge in [-0.25, -0.2) is 0 Å². The van der Waals surface area contributed by atoms with E-state index in [0.29, 0.717) is 47.7 Å². The van der Waals surface area contributed by atoms with E-state index in [1.165, 1.54) is 18.2 Å². The first-order valence-electron chi connectivity index (χ1n) is 9.92. The van der Waals surface area contributed by atoms with Crippen molar-refractivity contribution >= 4 is 46.6 Å². The lowest BCUT2D eigenvalue weighted by molar-refractivity contribution is -0.384. The van der Waals surface area contributed by atoms with E-state index in [9.17, 15) is 14.9 Å². The van der Waals surface area contributed by atoms with Gasteiger partial charge in [-0.05, 0) is 48.5 Å². The number of amides is 1. The summed E-state index contributed by atoms with van der Waals surface area (Å²) in [5, 5.41) is 11.8. The average Bonchev–Trinajstić information content (AvgIpc) is 3.26. The second kappa shape index (κ2) is 9.46. The van der Waals surface area contributed by atoms with E-state index in [1.54, 1.807) is 53.4 Å². The Balaban J connectivity index is 1.34. The fraction of sp³-hybridized carbons (Fsp3) is 0.174. The normalized spacial score (nSPS) is 14.2. The second-order valence-corrected chi connectivity index (χ2v) is 8.15. The van der Waals surface area contributed by atoms with Gasteiger partial charge in [-0.1, -0.05) is 23.2 Å². The molecular formula is C23H19Cl2N3O4. The second-order valence-electron chi connectivity index (χ2n) is 7.28. The topological polar surface area (TPSA) is 79.8 Å². The molecule has 1 amide bonds. The standard InChI is InChI=1S/C23H19Cl2N3O4/c24-17-13-16(14-18(25)15-17)22-7-5-21(32-22)6-8-23(29)27-11-9-26(10-12-27)19-1-3-20(4-2-19)28(30)31/h1-8,13-15H,9-12H2/b8-6+. The predicted molar refractivity (Wildman–Crippen MR) is 125 cm³/mol. The molecule has 9 heteroatoms. The van der Waals surface area contributed by atoms with Crippen LogP contribution in [0.2, 0.25) is 10.0 Å². The predicted octanol–water partition coefficient (Wildman–Crippen LogP) is 5.52. The number of piperazine rings is 1. The van der Waals surface area contributed by atoms with Crippen molar-refractivity contribution in [3.8, 4) is 11.3 Å². The zero-order valence-corrected chi connectivity index (χ0v) is 18.4. The molecule has 3 aromatic rings. The quantitative estimate of drug-likeness (QED) is 0.277. The van der Waals surface area contributed by atoms with E-state index in [1.807, 2.05) is 0 Å². The van der Waals surface area contributed by atoms with E-state index < -0.39 is 4.92 Å². The number of carbonyl (C=O) groups is 1. The molecule has 0 radical (unpaired) electrons. The van der Waals surface area contributed by atoms with Gasteiger partial charge < -0.3 is 14.2 Å². The fourth-order valence-electron chi connectivity index (χ4n) is 3.52. The summed E-state index contributed by atoms with van der Waals surface area (Å²) < 4.78 is 5.79. The molecule has 1 fully saturated rings. The Hall–Kier alpha value is -3.29. The maximum absolute atomic E-state index is 12.6. The van der Waals surface area contributed by atoms with Gasteiger partial charge in [-0.2, -0.15) is 0 Å². The molecule has 4 rings (SSSR count). The van der Waals surface area contributed by atoms with Crippen LogP contribution in [0.15, 0.2) is 65.1 Å². The first-order chi connectivity index (χ1) is 15.4. The van der Waals surface area contributed by atoms with Gasteiger partial charge in [0.2, 0.25) is 5.91 Å². The number of non-ortho nitro benzene ring substituents is 1. The lowest BCUT2D eigenvalue weighted by Crippen LogP contribution is -2.48. The van der Waals surface area contributed by atoms with Crippen LogP contribution in [0.3, 0.4) is 0 Å². The number of carbonyl (C=O) groups excluding carboxylic acids is 1. The van der Waals surface area contributed by atoms with Gasteiger partial charge in [-0.15, -0.1) is 0 Å². The number of hydrogen-bond acceptors (Lipinski definition) is 5. The van der Waals surface area contributed by atoms with Gasteiger partial charge in [0.15, 0.2) is 0 Å². The smallest absolute Gasteiger partial charge is 0.269 e. The van der Waals surface area contributed by atoms with Gasteiger partial charge in [0.05, 0.1) is 4.92 Å². The maximum atomic E-state index is 12.6. The van der Waals surface area contributed by atoms with Crippen molar-refractivity contribution in [2.24, 2.45) is 0 Å². The van der Waals surface area contributed by atoms with Crippen LogP contribution in [0.1, 0.15) is 5.76 Å². The molecular weight excluding hydrogens is 453 g/mol. The summed E-state index contributed by atoms with van der Waals surface area (Å²) >= 11 is 12.1. The molecule has 0 spiro atoms. The maximum Gasteiger partial charge on any atom is 0.269 e. The molecule has 1 saturated heterocycles. The molecule has 0 bridgehead atoms. The van der Waals surface area contributed by atoms with Crippen molar-refractivity contribution in [2.45, 2.75) is 0 Å². The van der Waals surface area contributed by atoms with E-state index in [-0.39, 0.29) is 11.6 Å². The molecule has 1 aromatic heterocycles. The minimum Gasteiger partial charge on any atom is -0.457 e. The monoisotopic (exact) mass is 471 g/mol. The third-order valence-electron chi connectivity index (χ3n) is 5.18. The van der Waals surface area contributed by atoms with Gasteiger partial charge in [0.1, 0.15) is 11.5 Å². The number of halogens is 2. The molecule has 2 heterocycles. The van der Waals surface area contributed by atoms with Crippen LogP contribution in [-0.2, 0) is 4.79 Å². The number of nitro benzene ring substituents is 1. The highest BCUT2D eigenvalue weighted by Crippen LogP contribution is 2.29. The summed E-state index contributed by atoms with van der Waals surface area (Å²) in [6, 6.07) is 15.2. The Labute approximate surface area is 194 Å². The van der Waals surface area contributed by atoms with Crippen LogP contribution in [0, 0.1) is 10.1 Å². The molecule has 0 aliphatic carbocycles. The summed E-state index contributed by atoms with van der Waals surface area (Å²) in [6.45, 7) is 2.42. The van der Waals surface area contributed by atoms with Crippen LogP contribution in [-0.4, -0.2) is 41.9 Å². The largest absolute Gasteiger partial charge is 0.457 e. The number of nitrogens with zero attached hydrogens (tertiary/aromatic N) is 3. The Morgan fingerprint density at radius 2 is 1.62 bits per heavy atom. The lowest BCUT2D eigenvalue weighted by atomic mass is 10.2. The average molecular weight is 472 g/mol. The zero-order chi connectivity index (χ0) is 22.7. The van der Waals surface area contributed by atoms with Gasteiger partial charge in [0, 0.05) is 65.7 Å². The molecule has 0 atom stereocenters. The summed E-state index contributed by atoms with van der Waals surface area (Å²) in [5.74, 6) is 1.06. The molecule has 0 N–H and O–H groups in total. The van der Waals surface area contributed by atoms with Gasteiger partial charge in [-0.3, -0.25) is 14.9 Å². The minimum absolute atomic E-state index is 0.0623. The van der Waals surface area contributed by atoms with E-state index >= 15 is 0 Å². The van der Waals surface area contributed by atoms with Gasteiger partial charge in [0.25, 0.3) is 5.69 Å². The number of rotatable bonds is 5. The number of anilines is 1. The van der Waals surface area contributed by atoms with E-state index in [4.69, 9.17) is 27.6 Å². The molecule has 7 nitrogen and oxygen atoms in total. The van der Waals surface area contributed by atoms with Crippen LogP contribution >= 0.6 is 23.2 Å². The van der Waals surface area contributed by atoms with Crippen LogP contribution < -0.4 is 4.90 Å². The summed E-state index contributed by atoms with van der Waals surface area (Å²) in [5.41, 5.74) is 1.73. The Kier molecular flexibility index (Phi) is 6.48. The van der Waals surface area contributed by atoms with Gasteiger partial charge >= 0.3 is 0 Å². The Morgan fingerprint density at radius 1 is 0.969 bits per heavy atom. The van der Waals surface area contributed by atoms with Crippen molar-refractivity contribution in [1.29, 1.82) is 0 Å². The lowest BCUT2D eigenvalue weighted by Gasteiger charge is -2.35. The Bertz CT molecular complexity index is 1150. The highest BCUT2D eigenvalue weighted by atomic mass is 35.5. The SMILES string of the molecule is O=C(/C=C/c1ccc(-c2cc(Cl)cc(Cl)c2)o1)N1CCN(c2ccc([N+](=O)[O-])cc2)CC1. The summed E-state index contributed by atoms with van der Waals surface area (Å²) in [4.78, 5) is 26.8. The van der Waals surface area contributed by atoms with Crippen LogP contribution in [0.25, 0.3) is 17.4 Å². The molecule has 32 heavy (non-hydrogen) atoms. The minimum atomic E-state index is -0.418. The molecule has 1 aliphatic heterocycles. The van der Waals surface area contributed by atoms with Crippen molar-refractivity contribution in [1.82, 2.24) is 4.90 Å². The first kappa shape index (κ1) is 21.9. The fourth-order valence-corrected chi connectivity index (χ4v) is 4.05. The highest BCUT2D eigenvalue weighted by Gasteiger charge is 2.20. The van der Waals surface area contributed by atoms with Crippen molar-refractivity contribution in [2.75, 3.05) is 31.1 Å². The number of hydrogen-bond donors (Lipinski definition) is 0. The van der Waals surface area contributed by atoms with Crippen LogP contribution in [0.5, 0.6) is 0 Å². The Morgan fingerprint density at radius 3 is 2.25 bits per heavy atom. The zero-order valence-electron chi connectivity index (χ0n) is 16.9. The first-order valence-corrected chi connectivity index (χ1v) is 10.7. The summed E-state index contributed by atoms with van der Waals surface area (Å²) in [6.07, 6.45) is 3.13. The third-order valence-corrected chi connectivity index (χ3v) is 5.62. The van der Waals surface area contributed by atoms with E-state index in [2.05, 4.69) is 4.90 Å². The number of furan rings is 1. The molecule has 1 aliphatic rings. The van der Waals surface area contributed by atoms with Crippen molar-refractivity contribution < 1.29 is 14.1 Å². The van der Waals surface area contributed by atoms with Crippen LogP contribution in [0.4, 0.5) is 11.4 Å². The number of benzene rings is 2. The highest BCUT2D eigenvalue weighted by molar-refractivity contribution is 6.35. The molecule has 0 unspecified atom stereocenters. The molecule has 0 saturated carbocycles.